The van der Waals surface area contributed by atoms with Crippen LogP contribution in [0.1, 0.15) is 46.9 Å². The summed E-state index contributed by atoms with van der Waals surface area (Å²) < 4.78 is 0. The number of H-pyrrole nitrogens is 1. The molecule has 4 N–H and O–H groups in total. The number of hydrogen-bond donors (Lipinski definition) is 3. The molecule has 0 saturated carbocycles. The summed E-state index contributed by atoms with van der Waals surface area (Å²) in [5.41, 5.74) is 9.10. The van der Waals surface area contributed by atoms with Crippen LogP contribution in [0.15, 0.2) is 24.3 Å². The number of carbonyl (C=O) groups is 1. The van der Waals surface area contributed by atoms with E-state index in [1.54, 1.807) is 6.92 Å². The molecule has 1 heterocycles. The summed E-state index contributed by atoms with van der Waals surface area (Å²) in [6.07, 6.45) is 0. The Morgan fingerprint density at radius 3 is 2.50 bits per heavy atom. The third-order valence-corrected chi connectivity index (χ3v) is 3.30. The first kappa shape index (κ1) is 14.1. The molecule has 20 heavy (non-hydrogen) atoms. The third-order valence-electron chi connectivity index (χ3n) is 3.30. The lowest BCUT2D eigenvalue weighted by Gasteiger charge is -2.08. The van der Waals surface area contributed by atoms with Gasteiger partial charge in [0.15, 0.2) is 5.82 Å². The van der Waals surface area contributed by atoms with E-state index >= 15 is 0 Å². The van der Waals surface area contributed by atoms with E-state index in [0.29, 0.717) is 23.7 Å². The van der Waals surface area contributed by atoms with Crippen LogP contribution < -0.4 is 11.1 Å². The van der Waals surface area contributed by atoms with Crippen LogP contribution in [0.2, 0.25) is 0 Å². The molecule has 0 aliphatic heterocycles. The number of rotatable bonds is 4. The largest absolute Gasteiger partial charge is 0.382 e. The molecule has 5 heteroatoms. The molecule has 1 aromatic carbocycles. The van der Waals surface area contributed by atoms with Crippen molar-refractivity contribution in [1.82, 2.24) is 15.5 Å². The predicted molar refractivity (Wildman–Crippen MR) is 79.4 cm³/mol. The molecule has 0 atom stereocenters. The number of nitrogens with one attached hydrogen (secondary N) is 2. The van der Waals surface area contributed by atoms with E-state index in [1.807, 2.05) is 12.1 Å². The molecule has 0 saturated heterocycles. The highest BCUT2D eigenvalue weighted by Crippen LogP contribution is 2.15. The Labute approximate surface area is 118 Å². The van der Waals surface area contributed by atoms with Crippen LogP contribution in [0.25, 0.3) is 0 Å². The van der Waals surface area contributed by atoms with Crippen molar-refractivity contribution in [2.75, 3.05) is 5.73 Å². The molecule has 2 rings (SSSR count). The fraction of sp³-hybridized carbons (Fsp3) is 0.333. The molecule has 0 unspecified atom stereocenters. The van der Waals surface area contributed by atoms with Gasteiger partial charge < -0.3 is 11.1 Å². The molecule has 1 amide bonds. The van der Waals surface area contributed by atoms with Gasteiger partial charge in [-0.2, -0.15) is 5.10 Å². The number of aromatic amines is 1. The first-order chi connectivity index (χ1) is 9.49. The second-order valence-corrected chi connectivity index (χ2v) is 5.19. The molecule has 0 radical (unpaired) electrons. The molecule has 0 spiro atoms. The molecular formula is C15H20N4O. The Morgan fingerprint density at radius 2 is 2.00 bits per heavy atom. The van der Waals surface area contributed by atoms with Crippen LogP contribution in [-0.2, 0) is 6.54 Å². The van der Waals surface area contributed by atoms with Crippen LogP contribution in [0, 0.1) is 6.92 Å². The summed E-state index contributed by atoms with van der Waals surface area (Å²) in [6, 6.07) is 8.23. The first-order valence-electron chi connectivity index (χ1n) is 6.66. The van der Waals surface area contributed by atoms with Crippen molar-refractivity contribution in [2.24, 2.45) is 0 Å². The maximum absolute atomic E-state index is 12.0. The van der Waals surface area contributed by atoms with Crippen molar-refractivity contribution in [1.29, 1.82) is 0 Å². The quantitative estimate of drug-likeness (QED) is 0.798. The lowest BCUT2D eigenvalue weighted by atomic mass is 10.0. The third kappa shape index (κ3) is 2.99. The molecule has 0 bridgehead atoms. The molecule has 5 nitrogen and oxygen atoms in total. The average molecular weight is 272 g/mol. The van der Waals surface area contributed by atoms with Crippen molar-refractivity contribution < 1.29 is 4.79 Å². The van der Waals surface area contributed by atoms with Crippen molar-refractivity contribution in [2.45, 2.75) is 33.2 Å². The van der Waals surface area contributed by atoms with Gasteiger partial charge in [0.05, 0.1) is 0 Å². The van der Waals surface area contributed by atoms with Gasteiger partial charge in [-0.25, -0.2) is 0 Å². The van der Waals surface area contributed by atoms with Gasteiger partial charge in [-0.1, -0.05) is 38.1 Å². The van der Waals surface area contributed by atoms with Crippen LogP contribution in [0.5, 0.6) is 0 Å². The second kappa shape index (κ2) is 5.77. The van der Waals surface area contributed by atoms with E-state index in [2.05, 4.69) is 41.5 Å². The Kier molecular flexibility index (Phi) is 4.08. The van der Waals surface area contributed by atoms with E-state index < -0.39 is 0 Å². The van der Waals surface area contributed by atoms with Crippen molar-refractivity contribution in [3.63, 3.8) is 0 Å². The lowest BCUT2D eigenvalue weighted by molar-refractivity contribution is 0.0951. The number of nitrogen functional groups attached to an aromatic ring is 1. The lowest BCUT2D eigenvalue weighted by Crippen LogP contribution is -2.24. The van der Waals surface area contributed by atoms with Crippen molar-refractivity contribution in [3.8, 4) is 0 Å². The Bertz CT molecular complexity index is 579. The summed E-state index contributed by atoms with van der Waals surface area (Å²) in [6.45, 7) is 6.56. The van der Waals surface area contributed by atoms with Gasteiger partial charge in [0, 0.05) is 12.2 Å². The number of amides is 1. The minimum Gasteiger partial charge on any atom is -0.382 e. The molecule has 0 aliphatic rings. The van der Waals surface area contributed by atoms with E-state index in [0.717, 1.165) is 5.56 Å². The fourth-order valence-corrected chi connectivity index (χ4v) is 2.03. The summed E-state index contributed by atoms with van der Waals surface area (Å²) in [7, 11) is 0. The summed E-state index contributed by atoms with van der Waals surface area (Å²) in [5.74, 6) is 0.531. The molecule has 2 aromatic rings. The zero-order chi connectivity index (χ0) is 14.7. The standard InChI is InChI=1S/C15H20N4O/c1-9(2)12-6-4-11(5-7-12)8-17-15(20)13-10(3)18-19-14(13)16/h4-7,9H,8H2,1-3H3,(H,17,20)(H3,16,18,19). The van der Waals surface area contributed by atoms with Crippen molar-refractivity contribution >= 4 is 11.7 Å². The van der Waals surface area contributed by atoms with Crippen LogP contribution in [-0.4, -0.2) is 16.1 Å². The number of hydrogen-bond acceptors (Lipinski definition) is 3. The number of aryl methyl sites for hydroxylation is 1. The highest BCUT2D eigenvalue weighted by atomic mass is 16.1. The molecule has 1 aromatic heterocycles. The highest BCUT2D eigenvalue weighted by molar-refractivity contribution is 5.99. The van der Waals surface area contributed by atoms with Gasteiger partial charge in [-0.05, 0) is 24.0 Å². The second-order valence-electron chi connectivity index (χ2n) is 5.19. The molecule has 0 fully saturated rings. The van der Waals surface area contributed by atoms with Crippen LogP contribution >= 0.6 is 0 Å². The molecule has 106 valence electrons. The number of carbonyl (C=O) groups excluding carboxylic acids is 1. The van der Waals surface area contributed by atoms with E-state index in [4.69, 9.17) is 5.73 Å². The minimum atomic E-state index is -0.207. The Hall–Kier alpha value is -2.30. The number of anilines is 1. The van der Waals surface area contributed by atoms with Crippen LogP contribution in [0.3, 0.4) is 0 Å². The maximum Gasteiger partial charge on any atom is 0.257 e. The smallest absolute Gasteiger partial charge is 0.257 e. The predicted octanol–water partition coefficient (Wildman–Crippen LogP) is 2.35. The van der Waals surface area contributed by atoms with Crippen LogP contribution in [0.4, 0.5) is 5.82 Å². The highest BCUT2D eigenvalue weighted by Gasteiger charge is 2.15. The molecule has 0 aliphatic carbocycles. The number of nitrogens with two attached hydrogens (primary N) is 1. The fourth-order valence-electron chi connectivity index (χ4n) is 2.03. The van der Waals surface area contributed by atoms with Gasteiger partial charge >= 0.3 is 0 Å². The van der Waals surface area contributed by atoms with E-state index in [1.165, 1.54) is 5.56 Å². The zero-order valence-electron chi connectivity index (χ0n) is 12.0. The van der Waals surface area contributed by atoms with Gasteiger partial charge in [-0.3, -0.25) is 9.89 Å². The average Bonchev–Trinajstić information content (AvgIpc) is 2.76. The SMILES string of the molecule is Cc1[nH]nc(N)c1C(=O)NCc1ccc(C(C)C)cc1. The van der Waals surface area contributed by atoms with Gasteiger partial charge in [0.1, 0.15) is 5.56 Å². The zero-order valence-corrected chi connectivity index (χ0v) is 12.0. The first-order valence-corrected chi connectivity index (χ1v) is 6.66. The summed E-state index contributed by atoms with van der Waals surface area (Å²) in [5, 5.41) is 9.37. The van der Waals surface area contributed by atoms with Crippen molar-refractivity contribution in [3.05, 3.63) is 46.6 Å². The number of nitrogens with zero attached hydrogens (tertiary/aromatic N) is 1. The van der Waals surface area contributed by atoms with Gasteiger partial charge in [0.25, 0.3) is 5.91 Å². The number of aromatic nitrogens is 2. The minimum absolute atomic E-state index is 0.207. The van der Waals surface area contributed by atoms with E-state index in [-0.39, 0.29) is 11.7 Å². The Balaban J connectivity index is 2.00. The Morgan fingerprint density at radius 1 is 1.35 bits per heavy atom. The van der Waals surface area contributed by atoms with Gasteiger partial charge in [0.2, 0.25) is 0 Å². The van der Waals surface area contributed by atoms with Gasteiger partial charge in [-0.15, -0.1) is 0 Å². The topological polar surface area (TPSA) is 83.8 Å². The summed E-state index contributed by atoms with van der Waals surface area (Å²) >= 11 is 0. The van der Waals surface area contributed by atoms with E-state index in [9.17, 15) is 4.79 Å². The summed E-state index contributed by atoms with van der Waals surface area (Å²) in [4.78, 5) is 12.0. The normalized spacial score (nSPS) is 10.8. The maximum atomic E-state index is 12.0. The molecular weight excluding hydrogens is 252 g/mol. The number of benzene rings is 1. The monoisotopic (exact) mass is 272 g/mol.